The number of ether oxygens (including phenoxy) is 3. The third-order valence-electron chi connectivity index (χ3n) is 5.57. The fourth-order valence-corrected chi connectivity index (χ4v) is 3.91. The van der Waals surface area contributed by atoms with E-state index in [0.717, 1.165) is 0 Å². The van der Waals surface area contributed by atoms with Crippen LogP contribution in [0.5, 0.6) is 17.2 Å². The highest BCUT2D eigenvalue weighted by Crippen LogP contribution is 2.42. The first-order valence-electron chi connectivity index (χ1n) is 11.3. The Morgan fingerprint density at radius 1 is 1.00 bits per heavy atom. The summed E-state index contributed by atoms with van der Waals surface area (Å²) in [4.78, 5) is 29.7. The molecule has 0 aliphatic carbocycles. The number of rotatable bonds is 10. The Kier molecular flexibility index (Phi) is 8.17. The van der Waals surface area contributed by atoms with Crippen molar-refractivity contribution in [2.24, 2.45) is 0 Å². The molecule has 1 fully saturated rings. The van der Waals surface area contributed by atoms with E-state index in [4.69, 9.17) is 14.2 Å². The van der Waals surface area contributed by atoms with E-state index >= 15 is 0 Å². The topological polar surface area (TPSA) is 88.5 Å². The highest BCUT2D eigenvalue weighted by atomic mass is 16.5. The van der Waals surface area contributed by atoms with Crippen LogP contribution in [0, 0.1) is 0 Å². The number of amides is 1. The molecule has 1 amide bonds. The SMILES string of the molecule is CCOc1ccc([C@H]2/C(=C(\O)c3ccc(OC)cc3)C(=O)C(=O)N2CCN(C)C)cc1OCC. The molecular weight excluding hydrogens is 436 g/mol. The molecule has 3 rings (SSSR count). The number of likely N-dealkylation sites (tertiary alicyclic amines) is 1. The number of aliphatic hydroxyl groups excluding tert-OH is 1. The molecule has 34 heavy (non-hydrogen) atoms. The molecule has 0 saturated carbocycles. The van der Waals surface area contributed by atoms with Crippen LogP contribution < -0.4 is 14.2 Å². The van der Waals surface area contributed by atoms with Crippen molar-refractivity contribution >= 4 is 17.4 Å². The molecule has 1 aliphatic rings. The van der Waals surface area contributed by atoms with Crippen LogP contribution in [0.1, 0.15) is 31.0 Å². The number of hydrogen-bond donors (Lipinski definition) is 1. The molecule has 8 nitrogen and oxygen atoms in total. The number of carbonyl (C=O) groups is 2. The lowest BCUT2D eigenvalue weighted by atomic mass is 9.95. The van der Waals surface area contributed by atoms with Crippen molar-refractivity contribution in [2.75, 3.05) is 47.5 Å². The quantitative estimate of drug-likeness (QED) is 0.324. The average Bonchev–Trinajstić information content (AvgIpc) is 3.08. The maximum Gasteiger partial charge on any atom is 0.295 e. The fourth-order valence-electron chi connectivity index (χ4n) is 3.91. The molecular formula is C26H32N2O6. The lowest BCUT2D eigenvalue weighted by molar-refractivity contribution is -0.140. The number of aliphatic hydroxyl groups is 1. The summed E-state index contributed by atoms with van der Waals surface area (Å²) in [6, 6.07) is 11.3. The second-order valence-electron chi connectivity index (χ2n) is 8.10. The Morgan fingerprint density at radius 2 is 1.65 bits per heavy atom. The van der Waals surface area contributed by atoms with Crippen LogP contribution in [0.2, 0.25) is 0 Å². The summed E-state index contributed by atoms with van der Waals surface area (Å²) in [5.41, 5.74) is 1.12. The molecule has 8 heteroatoms. The van der Waals surface area contributed by atoms with Crippen LogP contribution in [0.15, 0.2) is 48.0 Å². The minimum Gasteiger partial charge on any atom is -0.507 e. The van der Waals surface area contributed by atoms with Gasteiger partial charge < -0.3 is 29.1 Å². The standard InChI is InChI=1S/C26H32N2O6/c1-6-33-20-13-10-18(16-21(20)34-7-2)23-22(24(29)17-8-11-19(32-5)12-9-17)25(30)26(31)28(23)15-14-27(3)4/h8-13,16,23,29H,6-7,14-15H2,1-5H3/b24-22+/t23-/m0/s1. The van der Waals surface area contributed by atoms with Crippen molar-refractivity contribution in [1.29, 1.82) is 0 Å². The molecule has 1 N–H and O–H groups in total. The van der Waals surface area contributed by atoms with Gasteiger partial charge in [0.25, 0.3) is 11.7 Å². The Balaban J connectivity index is 2.16. The van der Waals surface area contributed by atoms with Gasteiger partial charge in [-0.1, -0.05) is 6.07 Å². The Labute approximate surface area is 200 Å². The summed E-state index contributed by atoms with van der Waals surface area (Å²) in [7, 11) is 5.34. The van der Waals surface area contributed by atoms with Crippen molar-refractivity contribution < 1.29 is 28.9 Å². The first-order chi connectivity index (χ1) is 16.3. The average molecular weight is 469 g/mol. The number of likely N-dealkylation sites (N-methyl/N-ethyl adjacent to an activating group) is 1. The first-order valence-corrected chi connectivity index (χ1v) is 11.3. The number of ketones is 1. The van der Waals surface area contributed by atoms with Crippen LogP contribution in [0.3, 0.4) is 0 Å². The monoisotopic (exact) mass is 468 g/mol. The molecule has 2 aromatic rings. The van der Waals surface area contributed by atoms with E-state index in [9.17, 15) is 14.7 Å². The number of carbonyl (C=O) groups excluding carboxylic acids is 2. The molecule has 0 bridgehead atoms. The van der Waals surface area contributed by atoms with Crippen molar-refractivity contribution in [1.82, 2.24) is 9.80 Å². The van der Waals surface area contributed by atoms with E-state index in [-0.39, 0.29) is 11.3 Å². The molecule has 1 aliphatic heterocycles. The number of methoxy groups -OCH3 is 1. The predicted molar refractivity (Wildman–Crippen MR) is 129 cm³/mol. The molecule has 0 aromatic heterocycles. The zero-order valence-corrected chi connectivity index (χ0v) is 20.3. The van der Waals surface area contributed by atoms with Crippen LogP contribution in [0.25, 0.3) is 5.76 Å². The van der Waals surface area contributed by atoms with Gasteiger partial charge in [-0.2, -0.15) is 0 Å². The van der Waals surface area contributed by atoms with Gasteiger partial charge in [0.2, 0.25) is 0 Å². The highest BCUT2D eigenvalue weighted by Gasteiger charge is 2.46. The van der Waals surface area contributed by atoms with Gasteiger partial charge in [0.1, 0.15) is 11.5 Å². The van der Waals surface area contributed by atoms with Gasteiger partial charge in [-0.25, -0.2) is 0 Å². The maximum atomic E-state index is 13.2. The minimum absolute atomic E-state index is 0.0422. The molecule has 0 unspecified atom stereocenters. The van der Waals surface area contributed by atoms with Crippen LogP contribution in [-0.4, -0.2) is 74.1 Å². The molecule has 1 atom stereocenters. The summed E-state index contributed by atoms with van der Waals surface area (Å²) in [6.45, 7) is 5.53. The largest absolute Gasteiger partial charge is 0.507 e. The Hall–Kier alpha value is -3.52. The number of hydrogen-bond acceptors (Lipinski definition) is 7. The predicted octanol–water partition coefficient (Wildman–Crippen LogP) is 3.48. The van der Waals surface area contributed by atoms with Crippen molar-refractivity contribution in [3.05, 3.63) is 59.2 Å². The molecule has 182 valence electrons. The maximum absolute atomic E-state index is 13.2. The van der Waals surface area contributed by atoms with Gasteiger partial charge in [0.05, 0.1) is 31.9 Å². The van der Waals surface area contributed by atoms with Gasteiger partial charge in [0.15, 0.2) is 11.5 Å². The van der Waals surface area contributed by atoms with E-state index in [1.165, 1.54) is 4.90 Å². The van der Waals surface area contributed by atoms with E-state index in [1.807, 2.05) is 32.8 Å². The van der Waals surface area contributed by atoms with Crippen LogP contribution in [0.4, 0.5) is 0 Å². The lowest BCUT2D eigenvalue weighted by Gasteiger charge is -2.27. The molecule has 2 aromatic carbocycles. The van der Waals surface area contributed by atoms with Crippen LogP contribution >= 0.6 is 0 Å². The summed E-state index contributed by atoms with van der Waals surface area (Å²) in [5, 5.41) is 11.2. The summed E-state index contributed by atoms with van der Waals surface area (Å²) in [6.07, 6.45) is 0. The smallest absolute Gasteiger partial charge is 0.295 e. The molecule has 1 heterocycles. The van der Waals surface area contributed by atoms with E-state index in [2.05, 4.69) is 0 Å². The highest BCUT2D eigenvalue weighted by molar-refractivity contribution is 6.46. The van der Waals surface area contributed by atoms with Gasteiger partial charge in [0, 0.05) is 18.7 Å². The lowest BCUT2D eigenvalue weighted by Crippen LogP contribution is -2.35. The molecule has 0 spiro atoms. The van der Waals surface area contributed by atoms with E-state index in [0.29, 0.717) is 54.7 Å². The second-order valence-corrected chi connectivity index (χ2v) is 8.10. The van der Waals surface area contributed by atoms with Crippen LogP contribution in [-0.2, 0) is 9.59 Å². The van der Waals surface area contributed by atoms with Crippen molar-refractivity contribution in [2.45, 2.75) is 19.9 Å². The third kappa shape index (κ3) is 5.17. The van der Waals surface area contributed by atoms with Gasteiger partial charge in [-0.05, 0) is 69.9 Å². The third-order valence-corrected chi connectivity index (χ3v) is 5.57. The zero-order chi connectivity index (χ0) is 24.8. The molecule has 1 saturated heterocycles. The second kappa shape index (κ2) is 11.1. The summed E-state index contributed by atoms with van der Waals surface area (Å²) >= 11 is 0. The number of Topliss-reactive ketones (excluding diaryl/α,β-unsaturated/α-hetero) is 1. The molecule has 0 radical (unpaired) electrons. The Bertz CT molecular complexity index is 1060. The van der Waals surface area contributed by atoms with Crippen molar-refractivity contribution in [3.63, 3.8) is 0 Å². The number of nitrogens with zero attached hydrogens (tertiary/aromatic N) is 2. The van der Waals surface area contributed by atoms with Gasteiger partial charge >= 0.3 is 0 Å². The first kappa shape index (κ1) is 25.1. The van der Waals surface area contributed by atoms with E-state index in [1.54, 1.807) is 49.6 Å². The number of benzene rings is 2. The summed E-state index contributed by atoms with van der Waals surface area (Å²) in [5.74, 6) is 0.119. The zero-order valence-electron chi connectivity index (χ0n) is 20.3. The van der Waals surface area contributed by atoms with Gasteiger partial charge in [-0.3, -0.25) is 9.59 Å². The Morgan fingerprint density at radius 3 is 2.24 bits per heavy atom. The van der Waals surface area contributed by atoms with Crippen molar-refractivity contribution in [3.8, 4) is 17.2 Å². The van der Waals surface area contributed by atoms with E-state index < -0.39 is 17.7 Å². The van der Waals surface area contributed by atoms with Gasteiger partial charge in [-0.15, -0.1) is 0 Å². The summed E-state index contributed by atoms with van der Waals surface area (Å²) < 4.78 is 16.6. The fraction of sp³-hybridized carbons (Fsp3) is 0.385. The minimum atomic E-state index is -0.767. The normalized spacial score (nSPS) is 17.4.